The number of carbonyl (C=O) groups excluding carboxylic acids is 1. The van der Waals surface area contributed by atoms with Crippen molar-refractivity contribution in [3.05, 3.63) is 76.2 Å². The van der Waals surface area contributed by atoms with Gasteiger partial charge in [0.2, 0.25) is 0 Å². The number of nitrogens with one attached hydrogen (secondary N) is 1. The van der Waals surface area contributed by atoms with Crippen LogP contribution in [0.2, 0.25) is 0 Å². The quantitative estimate of drug-likeness (QED) is 0.508. The molecule has 4 rings (SSSR count). The largest absolute Gasteiger partial charge is 0.493 e. The van der Waals surface area contributed by atoms with E-state index in [4.69, 9.17) is 9.47 Å². The summed E-state index contributed by atoms with van der Waals surface area (Å²) in [6.45, 7) is 5.38. The molecule has 0 spiro atoms. The van der Waals surface area contributed by atoms with E-state index in [-0.39, 0.29) is 23.8 Å². The minimum Gasteiger partial charge on any atom is -0.493 e. The molecule has 1 amide bonds. The van der Waals surface area contributed by atoms with E-state index in [1.165, 1.54) is 24.1 Å². The SMILES string of the molecule is COc1cccc(C(=O)N[C@H](C)[C@H](c2cccs2)N2CCN(c3ccc(F)cc3)CC2)c1OC. The second-order valence-corrected chi connectivity index (χ2v) is 9.24. The average molecular weight is 484 g/mol. The molecule has 180 valence electrons. The van der Waals surface area contributed by atoms with E-state index in [0.717, 1.165) is 31.9 Å². The molecule has 0 unspecified atom stereocenters. The van der Waals surface area contributed by atoms with Gasteiger partial charge in [-0.3, -0.25) is 9.69 Å². The molecule has 0 bridgehead atoms. The minimum atomic E-state index is -0.225. The molecule has 1 fully saturated rings. The van der Waals surface area contributed by atoms with Crippen molar-refractivity contribution in [3.8, 4) is 11.5 Å². The first kappa shape index (κ1) is 24.0. The smallest absolute Gasteiger partial charge is 0.255 e. The van der Waals surface area contributed by atoms with Gasteiger partial charge < -0.3 is 19.7 Å². The van der Waals surface area contributed by atoms with Crippen LogP contribution in [0.3, 0.4) is 0 Å². The van der Waals surface area contributed by atoms with Gasteiger partial charge in [-0.1, -0.05) is 12.1 Å². The molecule has 1 aliphatic heterocycles. The van der Waals surface area contributed by atoms with Crippen molar-refractivity contribution in [2.75, 3.05) is 45.3 Å². The molecular formula is C26H30FN3O3S. The third kappa shape index (κ3) is 5.18. The van der Waals surface area contributed by atoms with Crippen LogP contribution in [0.5, 0.6) is 11.5 Å². The number of benzene rings is 2. The Labute approximate surface area is 203 Å². The fraction of sp³-hybridized carbons (Fsp3) is 0.346. The Bertz CT molecular complexity index is 1080. The van der Waals surface area contributed by atoms with Crippen molar-refractivity contribution >= 4 is 22.9 Å². The van der Waals surface area contributed by atoms with Crippen LogP contribution >= 0.6 is 11.3 Å². The van der Waals surface area contributed by atoms with Crippen LogP contribution in [0.4, 0.5) is 10.1 Å². The first-order chi connectivity index (χ1) is 16.5. The van der Waals surface area contributed by atoms with Gasteiger partial charge >= 0.3 is 0 Å². The zero-order valence-corrected chi connectivity index (χ0v) is 20.5. The number of piperazine rings is 1. The summed E-state index contributed by atoms with van der Waals surface area (Å²) in [5.74, 6) is 0.525. The maximum absolute atomic E-state index is 13.3. The molecule has 1 N–H and O–H groups in total. The number of methoxy groups -OCH3 is 2. The second-order valence-electron chi connectivity index (χ2n) is 8.26. The van der Waals surface area contributed by atoms with Crippen molar-refractivity contribution in [2.45, 2.75) is 19.0 Å². The molecule has 2 aromatic carbocycles. The minimum absolute atomic E-state index is 0.0379. The van der Waals surface area contributed by atoms with Gasteiger partial charge in [0.05, 0.1) is 25.8 Å². The second kappa shape index (κ2) is 10.9. The van der Waals surface area contributed by atoms with Crippen LogP contribution in [-0.4, -0.2) is 57.2 Å². The number of halogens is 1. The Morgan fingerprint density at radius 3 is 2.35 bits per heavy atom. The fourth-order valence-electron chi connectivity index (χ4n) is 4.54. The molecular weight excluding hydrogens is 453 g/mol. The van der Waals surface area contributed by atoms with Gasteiger partial charge in [0.25, 0.3) is 5.91 Å². The maximum Gasteiger partial charge on any atom is 0.255 e. The molecule has 2 heterocycles. The zero-order valence-electron chi connectivity index (χ0n) is 19.7. The molecule has 3 aromatic rings. The van der Waals surface area contributed by atoms with Crippen molar-refractivity contribution in [1.82, 2.24) is 10.2 Å². The van der Waals surface area contributed by atoms with Crippen LogP contribution in [0.1, 0.15) is 28.2 Å². The Morgan fingerprint density at radius 2 is 1.74 bits per heavy atom. The predicted octanol–water partition coefficient (Wildman–Crippen LogP) is 4.59. The number of ether oxygens (including phenoxy) is 2. The third-order valence-electron chi connectivity index (χ3n) is 6.21. The lowest BCUT2D eigenvalue weighted by molar-refractivity contribution is 0.0887. The summed E-state index contributed by atoms with van der Waals surface area (Å²) in [4.78, 5) is 19.1. The molecule has 8 heteroatoms. The van der Waals surface area contributed by atoms with E-state index in [1.54, 1.807) is 36.6 Å². The van der Waals surface area contributed by atoms with E-state index < -0.39 is 0 Å². The molecule has 0 saturated carbocycles. The number of carbonyl (C=O) groups is 1. The molecule has 1 aliphatic rings. The normalized spacial score (nSPS) is 16.1. The highest BCUT2D eigenvalue weighted by Crippen LogP contribution is 2.33. The summed E-state index contributed by atoms with van der Waals surface area (Å²) < 4.78 is 24.1. The van der Waals surface area contributed by atoms with E-state index >= 15 is 0 Å². The van der Waals surface area contributed by atoms with Gasteiger partial charge in [0.1, 0.15) is 5.82 Å². The van der Waals surface area contributed by atoms with Crippen molar-refractivity contribution < 1.29 is 18.7 Å². The van der Waals surface area contributed by atoms with Crippen LogP contribution in [0.25, 0.3) is 0 Å². The Morgan fingerprint density at radius 1 is 1.00 bits per heavy atom. The first-order valence-electron chi connectivity index (χ1n) is 11.3. The lowest BCUT2D eigenvalue weighted by atomic mass is 10.0. The fourth-order valence-corrected chi connectivity index (χ4v) is 5.51. The van der Waals surface area contributed by atoms with Crippen LogP contribution in [0.15, 0.2) is 60.0 Å². The van der Waals surface area contributed by atoms with Crippen molar-refractivity contribution in [2.24, 2.45) is 0 Å². The number of rotatable bonds is 8. The molecule has 1 aromatic heterocycles. The van der Waals surface area contributed by atoms with Crippen LogP contribution in [-0.2, 0) is 0 Å². The van der Waals surface area contributed by atoms with Gasteiger partial charge in [0.15, 0.2) is 11.5 Å². The van der Waals surface area contributed by atoms with Crippen molar-refractivity contribution in [3.63, 3.8) is 0 Å². The van der Waals surface area contributed by atoms with Gasteiger partial charge in [-0.2, -0.15) is 0 Å². The van der Waals surface area contributed by atoms with Gasteiger partial charge in [-0.05, 0) is 54.8 Å². The Kier molecular flexibility index (Phi) is 7.70. The highest BCUT2D eigenvalue weighted by atomic mass is 32.1. The highest BCUT2D eigenvalue weighted by Gasteiger charge is 2.31. The lowest BCUT2D eigenvalue weighted by Crippen LogP contribution is -2.52. The number of nitrogens with zero attached hydrogens (tertiary/aromatic N) is 2. The number of hydrogen-bond acceptors (Lipinski definition) is 6. The third-order valence-corrected chi connectivity index (χ3v) is 7.16. The van der Waals surface area contributed by atoms with E-state index in [9.17, 15) is 9.18 Å². The monoisotopic (exact) mass is 483 g/mol. The summed E-state index contributed by atoms with van der Waals surface area (Å²) >= 11 is 1.70. The predicted molar refractivity (Wildman–Crippen MR) is 134 cm³/mol. The standard InChI is InChI=1S/C26H30FN3O3S/c1-18(28-26(31)21-6-4-7-22(32-2)25(21)33-3)24(23-8-5-17-34-23)30-15-13-29(14-16-30)20-11-9-19(27)10-12-20/h4-12,17-18,24H,13-16H2,1-3H3,(H,28,31)/t18-,24-/m1/s1. The lowest BCUT2D eigenvalue weighted by Gasteiger charge is -2.42. The van der Waals surface area contributed by atoms with Crippen LogP contribution in [0, 0.1) is 5.82 Å². The molecule has 0 aliphatic carbocycles. The van der Waals surface area contributed by atoms with E-state index in [1.807, 2.05) is 25.1 Å². The number of amides is 1. The number of hydrogen-bond donors (Lipinski definition) is 1. The summed E-state index contributed by atoms with van der Waals surface area (Å²) in [6, 6.07) is 16.0. The summed E-state index contributed by atoms with van der Waals surface area (Å²) in [5, 5.41) is 5.26. The maximum atomic E-state index is 13.3. The topological polar surface area (TPSA) is 54.0 Å². The molecule has 2 atom stereocenters. The van der Waals surface area contributed by atoms with Crippen LogP contribution < -0.4 is 19.7 Å². The Hall–Kier alpha value is -3.10. The van der Waals surface area contributed by atoms with Gasteiger partial charge in [0, 0.05) is 42.8 Å². The van der Waals surface area contributed by atoms with E-state index in [0.29, 0.717) is 17.1 Å². The zero-order chi connectivity index (χ0) is 24.1. The van der Waals surface area contributed by atoms with Crippen molar-refractivity contribution in [1.29, 1.82) is 0 Å². The molecule has 6 nitrogen and oxygen atoms in total. The van der Waals surface area contributed by atoms with Gasteiger partial charge in [-0.15, -0.1) is 11.3 Å². The summed E-state index contributed by atoms with van der Waals surface area (Å²) in [6.07, 6.45) is 0. The summed E-state index contributed by atoms with van der Waals surface area (Å²) in [5.41, 5.74) is 1.47. The molecule has 0 radical (unpaired) electrons. The van der Waals surface area contributed by atoms with E-state index in [2.05, 4.69) is 26.6 Å². The number of para-hydroxylation sites is 1. The number of anilines is 1. The molecule has 34 heavy (non-hydrogen) atoms. The Balaban J connectivity index is 1.49. The summed E-state index contributed by atoms with van der Waals surface area (Å²) in [7, 11) is 3.09. The van der Waals surface area contributed by atoms with Gasteiger partial charge in [-0.25, -0.2) is 4.39 Å². The number of thiophene rings is 1. The molecule has 1 saturated heterocycles. The average Bonchev–Trinajstić information content (AvgIpc) is 3.38. The highest BCUT2D eigenvalue weighted by molar-refractivity contribution is 7.10. The first-order valence-corrected chi connectivity index (χ1v) is 12.2.